The molecule has 1 atom stereocenters. The molecule has 0 bridgehead atoms. The van der Waals surface area contributed by atoms with E-state index >= 15 is 0 Å². The molecule has 0 spiro atoms. The third-order valence-corrected chi connectivity index (χ3v) is 5.55. The molecule has 1 aliphatic rings. The molecule has 1 saturated heterocycles. The highest BCUT2D eigenvalue weighted by Crippen LogP contribution is 2.21. The van der Waals surface area contributed by atoms with Crippen molar-refractivity contribution in [3.05, 3.63) is 65.7 Å². The van der Waals surface area contributed by atoms with Gasteiger partial charge in [0.1, 0.15) is 0 Å². The Balaban J connectivity index is 0.00000341. The summed E-state index contributed by atoms with van der Waals surface area (Å²) in [7, 11) is 6.01. The van der Waals surface area contributed by atoms with Crippen LogP contribution < -0.4 is 15.5 Å². The standard InChI is InChI=1S/C24H33N5O.HI/c1-25-24(27-18-22(28(2)3)16-19-8-5-4-6-9-19)26-17-20-11-13-21(14-12-20)29-15-7-10-23(29)30;/h4-6,8-9,11-14,22H,7,10,15-18H2,1-3H3,(H2,25,26,27);1H. The van der Waals surface area contributed by atoms with Crippen molar-refractivity contribution in [3.8, 4) is 0 Å². The molecule has 1 heterocycles. The fourth-order valence-corrected chi connectivity index (χ4v) is 3.66. The molecule has 0 saturated carbocycles. The van der Waals surface area contributed by atoms with E-state index in [0.717, 1.165) is 43.1 Å². The van der Waals surface area contributed by atoms with Crippen molar-refractivity contribution >= 4 is 41.5 Å². The zero-order valence-corrected chi connectivity index (χ0v) is 21.0. The summed E-state index contributed by atoms with van der Waals surface area (Å²) in [6.07, 6.45) is 2.58. The van der Waals surface area contributed by atoms with Gasteiger partial charge in [0.25, 0.3) is 0 Å². The molecule has 2 N–H and O–H groups in total. The van der Waals surface area contributed by atoms with Gasteiger partial charge in [0.05, 0.1) is 0 Å². The SMILES string of the molecule is CN=C(NCc1ccc(N2CCCC2=O)cc1)NCC(Cc1ccccc1)N(C)C.I. The van der Waals surface area contributed by atoms with E-state index in [0.29, 0.717) is 19.0 Å². The highest BCUT2D eigenvalue weighted by atomic mass is 127. The van der Waals surface area contributed by atoms with Crippen LogP contribution in [0.4, 0.5) is 5.69 Å². The van der Waals surface area contributed by atoms with Gasteiger partial charge >= 0.3 is 0 Å². The second-order valence-corrected chi connectivity index (χ2v) is 7.93. The van der Waals surface area contributed by atoms with E-state index in [-0.39, 0.29) is 29.9 Å². The lowest BCUT2D eigenvalue weighted by Gasteiger charge is -2.25. The lowest BCUT2D eigenvalue weighted by Crippen LogP contribution is -2.45. The van der Waals surface area contributed by atoms with Crippen molar-refractivity contribution in [2.24, 2.45) is 4.99 Å². The number of aliphatic imine (C=N–C) groups is 1. The topological polar surface area (TPSA) is 60.0 Å². The number of anilines is 1. The molecule has 0 radical (unpaired) electrons. The highest BCUT2D eigenvalue weighted by molar-refractivity contribution is 14.0. The lowest BCUT2D eigenvalue weighted by atomic mass is 10.1. The minimum atomic E-state index is 0. The average molecular weight is 535 g/mol. The van der Waals surface area contributed by atoms with Gasteiger partial charge in [-0.05, 0) is 50.2 Å². The molecule has 3 rings (SSSR count). The summed E-state index contributed by atoms with van der Waals surface area (Å²) in [5.41, 5.74) is 3.47. The molecule has 31 heavy (non-hydrogen) atoms. The van der Waals surface area contributed by atoms with Gasteiger partial charge in [0.2, 0.25) is 5.91 Å². The molecular weight excluding hydrogens is 501 g/mol. The first kappa shape index (κ1) is 25.1. The maximum Gasteiger partial charge on any atom is 0.227 e. The molecule has 1 fully saturated rings. The van der Waals surface area contributed by atoms with E-state index in [4.69, 9.17) is 0 Å². The summed E-state index contributed by atoms with van der Waals surface area (Å²) >= 11 is 0. The molecule has 0 aromatic heterocycles. The van der Waals surface area contributed by atoms with Crippen LogP contribution in [-0.2, 0) is 17.8 Å². The minimum Gasteiger partial charge on any atom is -0.355 e. The van der Waals surface area contributed by atoms with Crippen LogP contribution in [0.25, 0.3) is 0 Å². The summed E-state index contributed by atoms with van der Waals surface area (Å²) in [5, 5.41) is 6.83. The maximum absolute atomic E-state index is 11.9. The van der Waals surface area contributed by atoms with E-state index in [2.05, 4.69) is 71.0 Å². The van der Waals surface area contributed by atoms with E-state index in [1.807, 2.05) is 23.1 Å². The van der Waals surface area contributed by atoms with Gasteiger partial charge < -0.3 is 20.4 Å². The Labute approximate surface area is 203 Å². The normalized spacial score (nSPS) is 15.0. The maximum atomic E-state index is 11.9. The number of likely N-dealkylation sites (N-methyl/N-ethyl adjacent to an activating group) is 1. The zero-order valence-electron chi connectivity index (χ0n) is 18.7. The van der Waals surface area contributed by atoms with Gasteiger partial charge in [-0.15, -0.1) is 24.0 Å². The second kappa shape index (κ2) is 12.7. The molecule has 6 nitrogen and oxygen atoms in total. The van der Waals surface area contributed by atoms with Crippen LogP contribution in [0.15, 0.2) is 59.6 Å². The number of benzene rings is 2. The Bertz CT molecular complexity index is 839. The van der Waals surface area contributed by atoms with Crippen molar-refractivity contribution in [1.82, 2.24) is 15.5 Å². The number of guanidine groups is 1. The van der Waals surface area contributed by atoms with Crippen LogP contribution in [0, 0.1) is 0 Å². The number of hydrogen-bond donors (Lipinski definition) is 2. The van der Waals surface area contributed by atoms with Crippen LogP contribution >= 0.6 is 24.0 Å². The molecule has 7 heteroatoms. The molecule has 2 aromatic rings. The van der Waals surface area contributed by atoms with Crippen molar-refractivity contribution in [2.75, 3.05) is 39.1 Å². The molecule has 168 valence electrons. The van der Waals surface area contributed by atoms with Crippen molar-refractivity contribution in [2.45, 2.75) is 31.8 Å². The first-order valence-corrected chi connectivity index (χ1v) is 10.6. The van der Waals surface area contributed by atoms with E-state index in [9.17, 15) is 4.79 Å². The number of carbonyl (C=O) groups is 1. The average Bonchev–Trinajstić information content (AvgIpc) is 3.19. The number of hydrogen-bond acceptors (Lipinski definition) is 3. The molecule has 0 aliphatic carbocycles. The van der Waals surface area contributed by atoms with Gasteiger partial charge in [-0.25, -0.2) is 0 Å². The van der Waals surface area contributed by atoms with Crippen molar-refractivity contribution < 1.29 is 4.79 Å². The molecular formula is C24H34IN5O. The summed E-state index contributed by atoms with van der Waals surface area (Å²) in [4.78, 5) is 20.4. The summed E-state index contributed by atoms with van der Waals surface area (Å²) in [6, 6.07) is 19.1. The Hall–Kier alpha value is -2.13. The fourth-order valence-electron chi connectivity index (χ4n) is 3.66. The first-order valence-electron chi connectivity index (χ1n) is 10.6. The number of nitrogens with one attached hydrogen (secondary N) is 2. The number of nitrogens with zero attached hydrogens (tertiary/aromatic N) is 3. The monoisotopic (exact) mass is 535 g/mol. The third-order valence-electron chi connectivity index (χ3n) is 5.55. The summed E-state index contributed by atoms with van der Waals surface area (Å²) in [5.74, 6) is 1.00. The molecule has 1 amide bonds. The van der Waals surface area contributed by atoms with Gasteiger partial charge in [0, 0.05) is 44.8 Å². The predicted octanol–water partition coefficient (Wildman–Crippen LogP) is 3.27. The first-order chi connectivity index (χ1) is 14.6. The van der Waals surface area contributed by atoms with E-state index < -0.39 is 0 Å². The van der Waals surface area contributed by atoms with Gasteiger partial charge in [-0.3, -0.25) is 9.79 Å². The number of amides is 1. The van der Waals surface area contributed by atoms with Crippen LogP contribution in [0.5, 0.6) is 0 Å². The van der Waals surface area contributed by atoms with Crippen molar-refractivity contribution in [3.63, 3.8) is 0 Å². The Morgan fingerprint density at radius 3 is 2.35 bits per heavy atom. The van der Waals surface area contributed by atoms with Gasteiger partial charge in [0.15, 0.2) is 5.96 Å². The zero-order chi connectivity index (χ0) is 21.3. The summed E-state index contributed by atoms with van der Waals surface area (Å²) in [6.45, 7) is 2.31. The van der Waals surface area contributed by atoms with Crippen molar-refractivity contribution in [1.29, 1.82) is 0 Å². The second-order valence-electron chi connectivity index (χ2n) is 7.93. The quantitative estimate of drug-likeness (QED) is 0.310. The fraction of sp³-hybridized carbons (Fsp3) is 0.417. The van der Waals surface area contributed by atoms with Crippen LogP contribution in [0.3, 0.4) is 0 Å². The predicted molar refractivity (Wildman–Crippen MR) is 139 cm³/mol. The summed E-state index contributed by atoms with van der Waals surface area (Å²) < 4.78 is 0. The van der Waals surface area contributed by atoms with Crippen LogP contribution in [-0.4, -0.2) is 57.0 Å². The molecule has 1 unspecified atom stereocenters. The van der Waals surface area contributed by atoms with E-state index in [1.165, 1.54) is 5.56 Å². The highest BCUT2D eigenvalue weighted by Gasteiger charge is 2.21. The van der Waals surface area contributed by atoms with Crippen LogP contribution in [0.2, 0.25) is 0 Å². The Morgan fingerprint density at radius 2 is 1.77 bits per heavy atom. The number of carbonyl (C=O) groups excluding carboxylic acids is 1. The third kappa shape index (κ3) is 7.50. The lowest BCUT2D eigenvalue weighted by molar-refractivity contribution is -0.117. The largest absolute Gasteiger partial charge is 0.355 e. The minimum absolute atomic E-state index is 0. The molecule has 2 aromatic carbocycles. The Kier molecular flexibility index (Phi) is 10.3. The molecule has 1 aliphatic heterocycles. The number of rotatable bonds is 8. The van der Waals surface area contributed by atoms with Crippen LogP contribution in [0.1, 0.15) is 24.0 Å². The van der Waals surface area contributed by atoms with Gasteiger partial charge in [-0.1, -0.05) is 42.5 Å². The Morgan fingerprint density at radius 1 is 1.06 bits per heavy atom. The number of halogens is 1. The van der Waals surface area contributed by atoms with Gasteiger partial charge in [-0.2, -0.15) is 0 Å². The van der Waals surface area contributed by atoms with E-state index in [1.54, 1.807) is 7.05 Å². The smallest absolute Gasteiger partial charge is 0.227 e.